The van der Waals surface area contributed by atoms with Crippen molar-refractivity contribution in [2.45, 2.75) is 6.54 Å². The fourth-order valence-electron chi connectivity index (χ4n) is 1.82. The average molecular weight is 329 g/mol. The van der Waals surface area contributed by atoms with Crippen LogP contribution < -0.4 is 14.2 Å². The molecule has 0 atom stereocenters. The lowest BCUT2D eigenvalue weighted by atomic mass is 10.2. The second-order valence-electron chi connectivity index (χ2n) is 4.29. The zero-order valence-corrected chi connectivity index (χ0v) is 12.4. The van der Waals surface area contributed by atoms with Gasteiger partial charge in [0.05, 0.1) is 7.11 Å². The predicted molar refractivity (Wildman–Crippen MR) is 77.4 cm³/mol. The van der Waals surface area contributed by atoms with E-state index in [9.17, 15) is 16.7 Å². The van der Waals surface area contributed by atoms with Crippen LogP contribution in [0.1, 0.15) is 5.56 Å². The molecule has 0 fully saturated rings. The number of rotatable bonds is 6. The second-order valence-corrected chi connectivity index (χ2v) is 5.24. The molecule has 22 heavy (non-hydrogen) atoms. The van der Waals surface area contributed by atoms with Gasteiger partial charge in [-0.2, -0.15) is 8.42 Å². The maximum absolute atomic E-state index is 12.8. The lowest BCUT2D eigenvalue weighted by molar-refractivity contribution is 0.379. The van der Waals surface area contributed by atoms with Gasteiger partial charge in [0.1, 0.15) is 5.82 Å². The van der Waals surface area contributed by atoms with Crippen molar-refractivity contribution in [1.82, 2.24) is 0 Å². The SMILES string of the molecule is COc1cccc(CNc2ccc(F)cc2)c1OS(=O)(=O)F. The zero-order valence-electron chi connectivity index (χ0n) is 11.5. The molecular weight excluding hydrogens is 316 g/mol. The van der Waals surface area contributed by atoms with E-state index >= 15 is 0 Å². The number of halogens is 2. The quantitative estimate of drug-likeness (QED) is 0.825. The molecule has 0 amide bonds. The number of anilines is 1. The number of hydrogen-bond donors (Lipinski definition) is 1. The van der Waals surface area contributed by atoms with Gasteiger partial charge in [0, 0.05) is 17.8 Å². The van der Waals surface area contributed by atoms with Crippen LogP contribution in [0.3, 0.4) is 0 Å². The second kappa shape index (κ2) is 6.61. The molecule has 0 saturated carbocycles. The Hall–Kier alpha value is -2.35. The van der Waals surface area contributed by atoms with E-state index in [1.54, 1.807) is 12.1 Å². The fraction of sp³-hybridized carbons (Fsp3) is 0.143. The van der Waals surface area contributed by atoms with Crippen molar-refractivity contribution in [2.75, 3.05) is 12.4 Å². The summed E-state index contributed by atoms with van der Waals surface area (Å²) in [5, 5.41) is 2.95. The van der Waals surface area contributed by atoms with Gasteiger partial charge < -0.3 is 14.2 Å². The molecule has 0 aromatic heterocycles. The van der Waals surface area contributed by atoms with Gasteiger partial charge in [-0.3, -0.25) is 0 Å². The van der Waals surface area contributed by atoms with Crippen molar-refractivity contribution in [1.29, 1.82) is 0 Å². The van der Waals surface area contributed by atoms with Crippen LogP contribution in [-0.4, -0.2) is 15.5 Å². The lowest BCUT2D eigenvalue weighted by Gasteiger charge is -2.13. The molecule has 0 radical (unpaired) electrons. The van der Waals surface area contributed by atoms with Crippen LogP contribution in [0.2, 0.25) is 0 Å². The van der Waals surface area contributed by atoms with Crippen molar-refractivity contribution < 1.29 is 25.6 Å². The fourth-order valence-corrected chi connectivity index (χ4v) is 2.21. The molecule has 0 aliphatic carbocycles. The Bertz CT molecular complexity index is 748. The Morgan fingerprint density at radius 2 is 1.82 bits per heavy atom. The normalized spacial score (nSPS) is 11.0. The molecule has 2 rings (SSSR count). The minimum atomic E-state index is -5.18. The summed E-state index contributed by atoms with van der Waals surface area (Å²) in [6.45, 7) is 0.133. The Morgan fingerprint density at radius 3 is 2.41 bits per heavy atom. The topological polar surface area (TPSA) is 64.6 Å². The van der Waals surface area contributed by atoms with Gasteiger partial charge in [-0.15, -0.1) is 0 Å². The van der Waals surface area contributed by atoms with Crippen molar-refractivity contribution in [2.24, 2.45) is 0 Å². The van der Waals surface area contributed by atoms with E-state index in [0.717, 1.165) is 0 Å². The number of methoxy groups -OCH3 is 1. The summed E-state index contributed by atoms with van der Waals surface area (Å²) < 4.78 is 56.4. The van der Waals surface area contributed by atoms with E-state index in [-0.39, 0.29) is 23.9 Å². The molecular formula is C14H13F2NO4S. The molecule has 2 aromatic carbocycles. The molecule has 0 aliphatic rings. The van der Waals surface area contributed by atoms with E-state index in [2.05, 4.69) is 9.50 Å². The van der Waals surface area contributed by atoms with Crippen LogP contribution in [0.25, 0.3) is 0 Å². The maximum Gasteiger partial charge on any atom is 0.488 e. The van der Waals surface area contributed by atoms with Crippen LogP contribution in [0.4, 0.5) is 14.0 Å². The van der Waals surface area contributed by atoms with Crippen LogP contribution in [0.5, 0.6) is 11.5 Å². The first kappa shape index (κ1) is 16.0. The molecule has 0 unspecified atom stereocenters. The van der Waals surface area contributed by atoms with E-state index in [1.807, 2.05) is 0 Å². The number of benzene rings is 2. The van der Waals surface area contributed by atoms with Crippen molar-refractivity contribution in [3.05, 3.63) is 53.8 Å². The number of hydrogen-bond acceptors (Lipinski definition) is 5. The van der Waals surface area contributed by atoms with Crippen LogP contribution in [0.15, 0.2) is 42.5 Å². The first-order chi connectivity index (χ1) is 10.4. The number of nitrogens with one attached hydrogen (secondary N) is 1. The average Bonchev–Trinajstić information content (AvgIpc) is 2.46. The van der Waals surface area contributed by atoms with Crippen LogP contribution in [0, 0.1) is 5.82 Å². The Labute approximate surface area is 126 Å². The van der Waals surface area contributed by atoms with Gasteiger partial charge in [-0.1, -0.05) is 16.0 Å². The van der Waals surface area contributed by atoms with Gasteiger partial charge in [-0.05, 0) is 30.3 Å². The summed E-state index contributed by atoms with van der Waals surface area (Å²) in [7, 11) is -3.87. The molecule has 5 nitrogen and oxygen atoms in total. The van der Waals surface area contributed by atoms with Crippen LogP contribution >= 0.6 is 0 Å². The zero-order chi connectivity index (χ0) is 16.2. The molecule has 0 saturated heterocycles. The Morgan fingerprint density at radius 1 is 1.14 bits per heavy atom. The van der Waals surface area contributed by atoms with Gasteiger partial charge in [0.15, 0.2) is 11.5 Å². The highest BCUT2D eigenvalue weighted by Gasteiger charge is 2.18. The third kappa shape index (κ3) is 4.32. The molecule has 0 heterocycles. The monoisotopic (exact) mass is 329 g/mol. The third-order valence-electron chi connectivity index (χ3n) is 2.79. The largest absolute Gasteiger partial charge is 0.493 e. The van der Waals surface area contributed by atoms with E-state index in [4.69, 9.17) is 4.74 Å². The van der Waals surface area contributed by atoms with Gasteiger partial charge >= 0.3 is 10.5 Å². The molecule has 118 valence electrons. The molecule has 0 aliphatic heterocycles. The predicted octanol–water partition coefficient (Wildman–Crippen LogP) is 3.04. The maximum atomic E-state index is 12.8. The van der Waals surface area contributed by atoms with Crippen LogP contribution in [-0.2, 0) is 17.0 Å². The standard InChI is InChI=1S/C14H13F2NO4S/c1-20-13-4-2-3-10(14(13)21-22(16,18)19)9-17-12-7-5-11(15)6-8-12/h2-8,17H,9H2,1H3. The molecule has 0 bridgehead atoms. The smallest absolute Gasteiger partial charge is 0.488 e. The minimum absolute atomic E-state index is 0.0830. The Kier molecular flexibility index (Phi) is 4.81. The van der Waals surface area contributed by atoms with E-state index in [0.29, 0.717) is 11.3 Å². The number of ether oxygens (including phenoxy) is 1. The number of para-hydroxylation sites is 1. The molecule has 2 aromatic rings. The summed E-state index contributed by atoms with van der Waals surface area (Å²) >= 11 is 0. The van der Waals surface area contributed by atoms with Gasteiger partial charge in [0.25, 0.3) is 0 Å². The van der Waals surface area contributed by atoms with Crippen molar-refractivity contribution >= 4 is 16.2 Å². The van der Waals surface area contributed by atoms with E-state index < -0.39 is 10.5 Å². The minimum Gasteiger partial charge on any atom is -0.493 e. The van der Waals surface area contributed by atoms with Gasteiger partial charge in [0.2, 0.25) is 0 Å². The highest BCUT2D eigenvalue weighted by Crippen LogP contribution is 2.33. The summed E-state index contributed by atoms with van der Waals surface area (Å²) in [5.41, 5.74) is 0.975. The van der Waals surface area contributed by atoms with Crippen molar-refractivity contribution in [3.63, 3.8) is 0 Å². The highest BCUT2D eigenvalue weighted by atomic mass is 32.3. The molecule has 0 spiro atoms. The third-order valence-corrected chi connectivity index (χ3v) is 3.16. The van der Waals surface area contributed by atoms with E-state index in [1.165, 1.54) is 37.4 Å². The Balaban J connectivity index is 2.24. The summed E-state index contributed by atoms with van der Waals surface area (Å²) in [5.74, 6) is -0.527. The van der Waals surface area contributed by atoms with Gasteiger partial charge in [-0.25, -0.2) is 4.39 Å². The highest BCUT2D eigenvalue weighted by molar-refractivity contribution is 7.81. The first-order valence-corrected chi connectivity index (χ1v) is 7.49. The first-order valence-electron chi connectivity index (χ1n) is 6.18. The molecule has 1 N–H and O–H groups in total. The lowest BCUT2D eigenvalue weighted by Crippen LogP contribution is -2.08. The summed E-state index contributed by atoms with van der Waals surface area (Å²) in [6.07, 6.45) is 0. The summed E-state index contributed by atoms with van der Waals surface area (Å²) in [4.78, 5) is 0. The molecule has 8 heteroatoms. The van der Waals surface area contributed by atoms with Crippen molar-refractivity contribution in [3.8, 4) is 11.5 Å². The summed E-state index contributed by atoms with van der Waals surface area (Å²) in [6, 6.07) is 10.2.